The van der Waals surface area contributed by atoms with E-state index in [-0.39, 0.29) is 17.6 Å². The van der Waals surface area contributed by atoms with Gasteiger partial charge >= 0.3 is 0 Å². The van der Waals surface area contributed by atoms with E-state index >= 15 is 0 Å². The molecule has 0 aliphatic carbocycles. The molecule has 0 bridgehead atoms. The zero-order valence-corrected chi connectivity index (χ0v) is 22.8. The van der Waals surface area contributed by atoms with Crippen molar-refractivity contribution in [2.75, 3.05) is 24.2 Å². The van der Waals surface area contributed by atoms with E-state index in [1.165, 1.54) is 16.9 Å². The average Bonchev–Trinajstić information content (AvgIpc) is 3.44. The van der Waals surface area contributed by atoms with Crippen LogP contribution in [0.5, 0.6) is 0 Å². The van der Waals surface area contributed by atoms with Crippen molar-refractivity contribution in [2.45, 2.75) is 32.1 Å². The number of thiazole rings is 1. The van der Waals surface area contributed by atoms with Crippen LogP contribution in [0, 0.1) is 6.92 Å². The Bertz CT molecular complexity index is 1490. The zero-order valence-electron chi connectivity index (χ0n) is 21.2. The molecule has 0 unspecified atom stereocenters. The van der Waals surface area contributed by atoms with Crippen molar-refractivity contribution in [3.8, 4) is 11.1 Å². The van der Waals surface area contributed by atoms with Gasteiger partial charge in [0.05, 0.1) is 10.8 Å². The first kappa shape index (κ1) is 26.2. The molecule has 1 amide bonds. The number of rotatable bonds is 8. The minimum Gasteiger partial charge on any atom is -0.320 e. The summed E-state index contributed by atoms with van der Waals surface area (Å²) in [6.45, 7) is 2.96. The molecule has 9 heteroatoms. The van der Waals surface area contributed by atoms with Crippen LogP contribution in [0.2, 0.25) is 0 Å². The van der Waals surface area contributed by atoms with Crippen LogP contribution in [0.3, 0.4) is 0 Å². The third-order valence-corrected chi connectivity index (χ3v) is 9.71. The quantitative estimate of drug-likeness (QED) is 0.314. The molecule has 2 aromatic carbocycles. The van der Waals surface area contributed by atoms with Crippen LogP contribution in [0.1, 0.15) is 45.5 Å². The maximum Gasteiger partial charge on any atom is 0.275 e. The van der Waals surface area contributed by atoms with Gasteiger partial charge in [0.25, 0.3) is 5.91 Å². The van der Waals surface area contributed by atoms with Gasteiger partial charge in [-0.2, -0.15) is 0 Å². The van der Waals surface area contributed by atoms with Gasteiger partial charge in [-0.25, -0.2) is 17.7 Å². The number of benzene rings is 2. The Kier molecular flexibility index (Phi) is 7.97. The number of carbonyl (C=O) groups excluding carboxylic acids is 1. The Labute approximate surface area is 227 Å². The summed E-state index contributed by atoms with van der Waals surface area (Å²) in [7, 11) is -3.35. The van der Waals surface area contributed by atoms with E-state index in [4.69, 9.17) is 0 Å². The highest BCUT2D eigenvalue weighted by molar-refractivity contribution is 7.89. The monoisotopic (exact) mass is 546 g/mol. The number of hydrogen-bond donors (Lipinski definition) is 1. The van der Waals surface area contributed by atoms with Crippen LogP contribution >= 0.6 is 11.3 Å². The number of aromatic nitrogens is 2. The minimum atomic E-state index is -3.35. The second kappa shape index (κ2) is 11.6. The van der Waals surface area contributed by atoms with Gasteiger partial charge < -0.3 is 5.32 Å². The van der Waals surface area contributed by atoms with Crippen molar-refractivity contribution in [3.63, 3.8) is 0 Å². The van der Waals surface area contributed by atoms with E-state index in [2.05, 4.69) is 27.4 Å². The van der Waals surface area contributed by atoms with E-state index in [1.807, 2.05) is 61.5 Å². The SMILES string of the molecule is Cc1ccc(-c2ccccc2NC(=O)c2csc(C3CCN(S(=O)(=O)CCc4ccccn4)CC3)n2)cc1. The van der Waals surface area contributed by atoms with Crippen molar-refractivity contribution in [1.82, 2.24) is 14.3 Å². The molecule has 1 saturated heterocycles. The van der Waals surface area contributed by atoms with Gasteiger partial charge in [-0.15, -0.1) is 11.3 Å². The molecule has 0 radical (unpaired) electrons. The fourth-order valence-electron chi connectivity index (χ4n) is 4.63. The molecule has 0 atom stereocenters. The number of para-hydroxylation sites is 1. The summed E-state index contributed by atoms with van der Waals surface area (Å²) < 4.78 is 27.3. The van der Waals surface area contributed by atoms with Crippen LogP contribution in [0.4, 0.5) is 5.69 Å². The number of anilines is 1. The van der Waals surface area contributed by atoms with Crippen molar-refractivity contribution < 1.29 is 13.2 Å². The molecule has 1 N–H and O–H groups in total. The number of amides is 1. The largest absolute Gasteiger partial charge is 0.320 e. The highest BCUT2D eigenvalue weighted by atomic mass is 32.2. The molecule has 4 aromatic rings. The number of nitrogens with one attached hydrogen (secondary N) is 1. The first-order valence-electron chi connectivity index (χ1n) is 12.7. The van der Waals surface area contributed by atoms with Gasteiger partial charge in [-0.1, -0.05) is 54.1 Å². The second-order valence-corrected chi connectivity index (χ2v) is 12.5. The normalized spacial score (nSPS) is 14.9. The summed E-state index contributed by atoms with van der Waals surface area (Å²) in [4.78, 5) is 21.9. The summed E-state index contributed by atoms with van der Waals surface area (Å²) in [6.07, 6.45) is 3.46. The topological polar surface area (TPSA) is 92.3 Å². The van der Waals surface area contributed by atoms with Gasteiger partial charge in [0.1, 0.15) is 5.69 Å². The van der Waals surface area contributed by atoms with Gasteiger partial charge in [-0.3, -0.25) is 9.78 Å². The predicted molar refractivity (Wildman–Crippen MR) is 152 cm³/mol. The van der Waals surface area contributed by atoms with Gasteiger partial charge in [-0.05, 0) is 43.5 Å². The van der Waals surface area contributed by atoms with E-state index in [0.717, 1.165) is 27.5 Å². The Morgan fingerprint density at radius 3 is 2.50 bits per heavy atom. The summed E-state index contributed by atoms with van der Waals surface area (Å²) in [5.74, 6) is -0.0504. The van der Waals surface area contributed by atoms with E-state index in [0.29, 0.717) is 38.0 Å². The summed E-state index contributed by atoms with van der Waals surface area (Å²) in [5.41, 5.74) is 5.06. The average molecular weight is 547 g/mol. The molecule has 5 rings (SSSR count). The lowest BCUT2D eigenvalue weighted by molar-refractivity contribution is 0.102. The van der Waals surface area contributed by atoms with Crippen molar-refractivity contribution in [1.29, 1.82) is 0 Å². The standard InChI is InChI=1S/C29H30N4O3S2/c1-21-9-11-22(12-10-21)25-7-2-3-8-26(25)31-28(34)27-20-37-29(32-27)23-13-17-33(18-14-23)38(35,36)19-15-24-6-4-5-16-30-24/h2-12,16,20,23H,13-15,17-19H2,1H3,(H,31,34). The van der Waals surface area contributed by atoms with Crippen molar-refractivity contribution >= 4 is 33.0 Å². The molecule has 1 aliphatic heterocycles. The Morgan fingerprint density at radius 2 is 1.76 bits per heavy atom. The van der Waals surface area contributed by atoms with Crippen LogP contribution < -0.4 is 5.32 Å². The molecule has 0 spiro atoms. The molecular weight excluding hydrogens is 516 g/mol. The lowest BCUT2D eigenvalue weighted by Gasteiger charge is -2.30. The molecule has 3 heterocycles. The molecular formula is C29H30N4O3S2. The highest BCUT2D eigenvalue weighted by Crippen LogP contribution is 2.32. The Hall–Kier alpha value is -3.40. The first-order chi connectivity index (χ1) is 18.4. The molecule has 196 valence electrons. The second-order valence-electron chi connectivity index (χ2n) is 9.50. The summed E-state index contributed by atoms with van der Waals surface area (Å²) >= 11 is 1.47. The highest BCUT2D eigenvalue weighted by Gasteiger charge is 2.30. The predicted octanol–water partition coefficient (Wildman–Crippen LogP) is 5.52. The van der Waals surface area contributed by atoms with Crippen molar-refractivity contribution in [3.05, 3.63) is 100 Å². The zero-order chi connectivity index (χ0) is 26.5. The fourth-order valence-corrected chi connectivity index (χ4v) is 7.10. The number of nitrogens with zero attached hydrogens (tertiary/aromatic N) is 3. The van der Waals surface area contributed by atoms with Gasteiger partial charge in [0, 0.05) is 53.9 Å². The number of hydrogen-bond acceptors (Lipinski definition) is 6. The smallest absolute Gasteiger partial charge is 0.275 e. The minimum absolute atomic E-state index is 0.0559. The Morgan fingerprint density at radius 1 is 1.03 bits per heavy atom. The Balaban J connectivity index is 1.19. The number of pyridine rings is 1. The number of carbonyl (C=O) groups is 1. The van der Waals surface area contributed by atoms with Crippen LogP contribution in [-0.4, -0.2) is 47.4 Å². The van der Waals surface area contributed by atoms with Crippen molar-refractivity contribution in [2.24, 2.45) is 0 Å². The van der Waals surface area contributed by atoms with E-state index in [1.54, 1.807) is 15.9 Å². The van der Waals surface area contributed by atoms with Crippen LogP contribution in [0.25, 0.3) is 11.1 Å². The maximum absolute atomic E-state index is 13.1. The van der Waals surface area contributed by atoms with E-state index < -0.39 is 10.0 Å². The maximum atomic E-state index is 13.1. The van der Waals surface area contributed by atoms with Gasteiger partial charge in [0.15, 0.2) is 0 Å². The lowest BCUT2D eigenvalue weighted by atomic mass is 9.99. The van der Waals surface area contributed by atoms with Crippen LogP contribution in [0.15, 0.2) is 78.3 Å². The number of aryl methyl sites for hydroxylation is 2. The summed E-state index contributed by atoms with van der Waals surface area (Å²) in [5, 5.41) is 5.69. The molecule has 1 aliphatic rings. The van der Waals surface area contributed by atoms with Gasteiger partial charge in [0.2, 0.25) is 10.0 Å². The number of sulfonamides is 1. The number of piperidine rings is 1. The van der Waals surface area contributed by atoms with E-state index in [9.17, 15) is 13.2 Å². The third-order valence-electron chi connectivity index (χ3n) is 6.83. The lowest BCUT2D eigenvalue weighted by Crippen LogP contribution is -2.39. The molecule has 2 aromatic heterocycles. The molecule has 38 heavy (non-hydrogen) atoms. The third kappa shape index (κ3) is 6.18. The summed E-state index contributed by atoms with van der Waals surface area (Å²) in [6, 6.07) is 21.5. The van der Waals surface area contributed by atoms with Crippen LogP contribution in [-0.2, 0) is 16.4 Å². The first-order valence-corrected chi connectivity index (χ1v) is 15.2. The fraction of sp³-hybridized carbons (Fsp3) is 0.276. The molecule has 7 nitrogen and oxygen atoms in total. The molecule has 1 fully saturated rings. The molecule has 0 saturated carbocycles.